The number of amidine groups is 1. The SMILES string of the molecule is CC#CCOc1cnc(C(=O)Cc2cccc(C(N=C(N)OC)c3ccc(Cl)cc3)c2)cn1. The number of nitrogens with two attached hydrogens (primary N) is 1. The van der Waals surface area contributed by atoms with E-state index in [1.807, 2.05) is 36.4 Å². The fourth-order valence-electron chi connectivity index (χ4n) is 3.03. The summed E-state index contributed by atoms with van der Waals surface area (Å²) in [6, 6.07) is 14.6. The van der Waals surface area contributed by atoms with Gasteiger partial charge in [0.25, 0.3) is 6.02 Å². The van der Waals surface area contributed by atoms with Gasteiger partial charge in [-0.2, -0.15) is 0 Å². The van der Waals surface area contributed by atoms with Crippen LogP contribution >= 0.6 is 11.6 Å². The number of Topliss-reactive ketones (excluding diaryl/α,β-unsaturated/α-hetero) is 1. The average Bonchev–Trinajstić information content (AvgIpc) is 2.84. The normalized spacial score (nSPS) is 11.8. The highest BCUT2D eigenvalue weighted by atomic mass is 35.5. The van der Waals surface area contributed by atoms with Crippen molar-refractivity contribution in [2.75, 3.05) is 13.7 Å². The van der Waals surface area contributed by atoms with E-state index in [-0.39, 0.29) is 30.5 Å². The molecule has 0 aliphatic heterocycles. The standard InChI is InChI=1S/C25H23ClN4O3/c1-3-4-12-33-23-16-28-21(15-29-23)22(31)14-17-6-5-7-19(13-17)24(30-25(27)32-2)18-8-10-20(26)11-9-18/h5-11,13,15-16,24H,12,14H2,1-2H3,(H2,27,30). The molecular weight excluding hydrogens is 440 g/mol. The van der Waals surface area contributed by atoms with Crippen molar-refractivity contribution < 1.29 is 14.3 Å². The third kappa shape index (κ3) is 6.79. The summed E-state index contributed by atoms with van der Waals surface area (Å²) >= 11 is 6.03. The first-order valence-electron chi connectivity index (χ1n) is 10.1. The lowest BCUT2D eigenvalue weighted by Crippen LogP contribution is -2.16. The number of carbonyl (C=O) groups excluding carboxylic acids is 1. The molecule has 33 heavy (non-hydrogen) atoms. The van der Waals surface area contributed by atoms with Crippen molar-refractivity contribution in [2.24, 2.45) is 10.7 Å². The van der Waals surface area contributed by atoms with E-state index in [9.17, 15) is 4.79 Å². The van der Waals surface area contributed by atoms with Gasteiger partial charge in [0.1, 0.15) is 11.7 Å². The number of methoxy groups -OCH3 is 1. The van der Waals surface area contributed by atoms with Crippen molar-refractivity contribution in [1.29, 1.82) is 0 Å². The number of ketones is 1. The average molecular weight is 463 g/mol. The van der Waals surface area contributed by atoms with Crippen LogP contribution in [0.15, 0.2) is 65.9 Å². The highest BCUT2D eigenvalue weighted by Crippen LogP contribution is 2.28. The predicted octanol–water partition coefficient (Wildman–Crippen LogP) is 4.01. The molecule has 0 aliphatic carbocycles. The van der Waals surface area contributed by atoms with Gasteiger partial charge in [0, 0.05) is 11.4 Å². The molecule has 1 atom stereocenters. The zero-order valence-electron chi connectivity index (χ0n) is 18.3. The number of hydrogen-bond acceptors (Lipinski definition) is 6. The molecular formula is C25H23ClN4O3. The molecule has 0 saturated carbocycles. The number of ether oxygens (including phenoxy) is 2. The third-order valence-electron chi connectivity index (χ3n) is 4.67. The maximum absolute atomic E-state index is 12.8. The van der Waals surface area contributed by atoms with Crippen LogP contribution in [0.1, 0.15) is 40.1 Å². The van der Waals surface area contributed by atoms with Gasteiger partial charge in [-0.1, -0.05) is 53.9 Å². The minimum absolute atomic E-state index is 0.0546. The Balaban J connectivity index is 1.80. The first kappa shape index (κ1) is 23.8. The Kier molecular flexibility index (Phi) is 8.39. The van der Waals surface area contributed by atoms with Gasteiger partial charge in [-0.3, -0.25) is 4.79 Å². The van der Waals surface area contributed by atoms with Crippen LogP contribution in [0.3, 0.4) is 0 Å². The second kappa shape index (κ2) is 11.7. The molecule has 168 valence electrons. The molecule has 0 bridgehead atoms. The summed E-state index contributed by atoms with van der Waals surface area (Å²) in [6.45, 7) is 1.94. The van der Waals surface area contributed by atoms with Crippen LogP contribution in [0.4, 0.5) is 0 Å². The van der Waals surface area contributed by atoms with Crippen LogP contribution < -0.4 is 10.5 Å². The van der Waals surface area contributed by atoms with E-state index in [2.05, 4.69) is 26.8 Å². The summed E-state index contributed by atoms with van der Waals surface area (Å²) in [6.07, 6.45) is 2.97. The van der Waals surface area contributed by atoms with E-state index in [1.54, 1.807) is 19.1 Å². The maximum Gasteiger partial charge on any atom is 0.282 e. The highest BCUT2D eigenvalue weighted by molar-refractivity contribution is 6.30. The van der Waals surface area contributed by atoms with Crippen LogP contribution in [-0.4, -0.2) is 35.5 Å². The first-order chi connectivity index (χ1) is 16.0. The second-order valence-electron chi connectivity index (χ2n) is 6.93. The molecule has 1 unspecified atom stereocenters. The number of rotatable bonds is 8. The Morgan fingerprint density at radius 1 is 1.15 bits per heavy atom. The van der Waals surface area contributed by atoms with Gasteiger partial charge in [0.05, 0.1) is 19.5 Å². The molecule has 0 saturated heterocycles. The molecule has 0 amide bonds. The fraction of sp³-hybridized carbons (Fsp3) is 0.200. The summed E-state index contributed by atoms with van der Waals surface area (Å²) in [7, 11) is 1.46. The second-order valence-corrected chi connectivity index (χ2v) is 7.36. The molecule has 3 rings (SSSR count). The van der Waals surface area contributed by atoms with Crippen molar-refractivity contribution in [3.05, 3.63) is 88.3 Å². The van der Waals surface area contributed by atoms with Crippen LogP contribution in [0.25, 0.3) is 0 Å². The molecule has 1 aromatic heterocycles. The molecule has 0 spiro atoms. The van der Waals surface area contributed by atoms with Crippen molar-refractivity contribution in [3.8, 4) is 17.7 Å². The number of benzene rings is 2. The number of carbonyl (C=O) groups is 1. The molecule has 0 aliphatic rings. The van der Waals surface area contributed by atoms with E-state index in [0.717, 1.165) is 16.7 Å². The van der Waals surface area contributed by atoms with E-state index < -0.39 is 6.04 Å². The summed E-state index contributed by atoms with van der Waals surface area (Å²) in [5, 5.41) is 0.622. The zero-order valence-corrected chi connectivity index (χ0v) is 19.0. The number of nitrogens with zero attached hydrogens (tertiary/aromatic N) is 3. The van der Waals surface area contributed by atoms with Crippen molar-refractivity contribution >= 4 is 23.4 Å². The van der Waals surface area contributed by atoms with Crippen molar-refractivity contribution in [3.63, 3.8) is 0 Å². The maximum atomic E-state index is 12.8. The smallest absolute Gasteiger partial charge is 0.282 e. The Hall–Kier alpha value is -3.89. The Bertz CT molecular complexity index is 1180. The van der Waals surface area contributed by atoms with E-state index in [0.29, 0.717) is 10.9 Å². The zero-order chi connectivity index (χ0) is 23.6. The number of aliphatic imine (C=N–C) groups is 1. The minimum atomic E-state index is -0.417. The molecule has 0 fully saturated rings. The quantitative estimate of drug-likeness (QED) is 0.235. The number of hydrogen-bond donors (Lipinski definition) is 1. The molecule has 2 N–H and O–H groups in total. The van der Waals surface area contributed by atoms with Gasteiger partial charge >= 0.3 is 0 Å². The van der Waals surface area contributed by atoms with Gasteiger partial charge < -0.3 is 15.2 Å². The Labute approximate surface area is 197 Å². The molecule has 3 aromatic rings. The minimum Gasteiger partial charge on any atom is -0.469 e. The fourth-order valence-corrected chi connectivity index (χ4v) is 3.16. The van der Waals surface area contributed by atoms with Gasteiger partial charge in [-0.15, -0.1) is 5.92 Å². The number of halogens is 1. The molecule has 0 radical (unpaired) electrons. The predicted molar refractivity (Wildman–Crippen MR) is 127 cm³/mol. The molecule has 2 aromatic carbocycles. The third-order valence-corrected chi connectivity index (χ3v) is 4.92. The van der Waals surface area contributed by atoms with E-state index in [1.165, 1.54) is 19.5 Å². The lowest BCUT2D eigenvalue weighted by Gasteiger charge is -2.15. The summed E-state index contributed by atoms with van der Waals surface area (Å²) in [4.78, 5) is 25.5. The summed E-state index contributed by atoms with van der Waals surface area (Å²) in [5.74, 6) is 5.65. The van der Waals surface area contributed by atoms with Crippen LogP contribution in [0.5, 0.6) is 5.88 Å². The number of aromatic nitrogens is 2. The van der Waals surface area contributed by atoms with Gasteiger partial charge in [0.15, 0.2) is 12.4 Å². The van der Waals surface area contributed by atoms with Gasteiger partial charge in [-0.05, 0) is 35.7 Å². The van der Waals surface area contributed by atoms with Crippen LogP contribution in [0, 0.1) is 11.8 Å². The van der Waals surface area contributed by atoms with Gasteiger partial charge in [0.2, 0.25) is 5.88 Å². The van der Waals surface area contributed by atoms with E-state index >= 15 is 0 Å². The Morgan fingerprint density at radius 2 is 1.94 bits per heavy atom. The largest absolute Gasteiger partial charge is 0.469 e. The van der Waals surface area contributed by atoms with Crippen molar-refractivity contribution in [1.82, 2.24) is 9.97 Å². The topological polar surface area (TPSA) is 99.7 Å². The lowest BCUT2D eigenvalue weighted by molar-refractivity contribution is 0.0987. The first-order valence-corrected chi connectivity index (χ1v) is 10.5. The summed E-state index contributed by atoms with van der Waals surface area (Å²) in [5.41, 5.74) is 8.64. The van der Waals surface area contributed by atoms with Crippen LogP contribution in [0.2, 0.25) is 5.02 Å². The van der Waals surface area contributed by atoms with E-state index in [4.69, 9.17) is 26.8 Å². The summed E-state index contributed by atoms with van der Waals surface area (Å²) < 4.78 is 10.4. The van der Waals surface area contributed by atoms with Crippen LogP contribution in [-0.2, 0) is 11.2 Å². The molecule has 1 heterocycles. The molecule has 8 heteroatoms. The van der Waals surface area contributed by atoms with Crippen molar-refractivity contribution in [2.45, 2.75) is 19.4 Å². The Morgan fingerprint density at radius 3 is 2.61 bits per heavy atom. The molecule has 7 nitrogen and oxygen atoms in total. The highest BCUT2D eigenvalue weighted by Gasteiger charge is 2.16. The van der Waals surface area contributed by atoms with Gasteiger partial charge in [-0.25, -0.2) is 15.0 Å². The monoisotopic (exact) mass is 462 g/mol. The lowest BCUT2D eigenvalue weighted by atomic mass is 9.96.